The summed E-state index contributed by atoms with van der Waals surface area (Å²) < 4.78 is 0. The van der Waals surface area contributed by atoms with E-state index in [9.17, 15) is 15.3 Å². The number of fused-ring (bicyclic) bond motifs is 5. The Balaban J connectivity index is 1.52. The highest BCUT2D eigenvalue weighted by atomic mass is 16.3. The zero-order valence-corrected chi connectivity index (χ0v) is 20.1. The van der Waals surface area contributed by atoms with E-state index in [2.05, 4.69) is 27.7 Å². The Kier molecular flexibility index (Phi) is 6.41. The Morgan fingerprint density at radius 3 is 2.27 bits per heavy atom. The van der Waals surface area contributed by atoms with Gasteiger partial charge in [-0.15, -0.1) is 0 Å². The van der Waals surface area contributed by atoms with Crippen LogP contribution in [0.3, 0.4) is 0 Å². The van der Waals surface area contributed by atoms with Crippen molar-refractivity contribution in [1.29, 1.82) is 0 Å². The Morgan fingerprint density at radius 1 is 0.833 bits per heavy atom. The maximum absolute atomic E-state index is 11.6. The molecule has 4 fully saturated rings. The van der Waals surface area contributed by atoms with E-state index in [1.807, 2.05) is 0 Å². The molecule has 0 aromatic carbocycles. The van der Waals surface area contributed by atoms with E-state index in [1.165, 1.54) is 38.5 Å². The van der Waals surface area contributed by atoms with Crippen molar-refractivity contribution in [3.63, 3.8) is 0 Å². The molecule has 30 heavy (non-hydrogen) atoms. The van der Waals surface area contributed by atoms with Crippen LogP contribution in [-0.2, 0) is 0 Å². The second-order valence-electron chi connectivity index (χ2n) is 12.6. The molecule has 174 valence electrons. The first-order valence-corrected chi connectivity index (χ1v) is 13.2. The van der Waals surface area contributed by atoms with E-state index in [0.29, 0.717) is 23.7 Å². The van der Waals surface area contributed by atoms with Crippen LogP contribution in [-0.4, -0.2) is 33.1 Å². The highest BCUT2D eigenvalue weighted by Crippen LogP contribution is 2.68. The molecule has 0 aromatic rings. The van der Waals surface area contributed by atoms with Crippen molar-refractivity contribution >= 4 is 0 Å². The van der Waals surface area contributed by atoms with Gasteiger partial charge in [0.25, 0.3) is 0 Å². The van der Waals surface area contributed by atoms with Crippen LogP contribution in [0, 0.1) is 40.4 Å². The molecular weight excluding hydrogens is 372 g/mol. The predicted molar refractivity (Wildman–Crippen MR) is 122 cm³/mol. The van der Waals surface area contributed by atoms with Crippen LogP contribution in [0.5, 0.6) is 0 Å². The molecule has 4 aliphatic carbocycles. The summed E-state index contributed by atoms with van der Waals surface area (Å²) in [6.45, 7) is 9.29. The van der Waals surface area contributed by atoms with Crippen LogP contribution in [0.2, 0.25) is 0 Å². The minimum Gasteiger partial charge on any atom is -0.393 e. The molecule has 4 rings (SSSR count). The van der Waals surface area contributed by atoms with Crippen LogP contribution in [0.15, 0.2) is 0 Å². The normalized spacial score (nSPS) is 50.3. The van der Waals surface area contributed by atoms with Gasteiger partial charge in [-0.25, -0.2) is 0 Å². The van der Waals surface area contributed by atoms with E-state index in [1.54, 1.807) is 0 Å². The van der Waals surface area contributed by atoms with Crippen molar-refractivity contribution in [2.24, 2.45) is 40.4 Å². The number of hydrogen-bond donors (Lipinski definition) is 3. The van der Waals surface area contributed by atoms with Crippen LogP contribution in [0.4, 0.5) is 0 Å². The SMILES string of the molecule is CCCCCCC(C)(O)[C@H]1CC[C@H]2[C@@H]3C[C@H](O)[C@H]4C[C@@H](O)CC[C@]4(C)[C@H]3CC[C@]12C. The molecule has 0 amide bonds. The third-order valence-corrected chi connectivity index (χ3v) is 10.9. The molecule has 3 heteroatoms. The quantitative estimate of drug-likeness (QED) is 0.483. The molecule has 0 aromatic heterocycles. The molecule has 0 bridgehead atoms. The Labute approximate surface area is 185 Å². The fourth-order valence-corrected chi connectivity index (χ4v) is 9.38. The van der Waals surface area contributed by atoms with E-state index in [4.69, 9.17) is 0 Å². The first kappa shape index (κ1) is 23.1. The summed E-state index contributed by atoms with van der Waals surface area (Å²) in [7, 11) is 0. The van der Waals surface area contributed by atoms with Crippen molar-refractivity contribution in [2.45, 2.75) is 129 Å². The molecule has 10 atom stereocenters. The number of aliphatic hydroxyl groups excluding tert-OH is 2. The fraction of sp³-hybridized carbons (Fsp3) is 1.00. The molecule has 0 radical (unpaired) electrons. The lowest BCUT2D eigenvalue weighted by atomic mass is 9.43. The average molecular weight is 421 g/mol. The molecule has 0 heterocycles. The third-order valence-electron chi connectivity index (χ3n) is 10.9. The van der Waals surface area contributed by atoms with E-state index in [0.717, 1.165) is 44.9 Å². The zero-order valence-electron chi connectivity index (χ0n) is 20.1. The zero-order chi connectivity index (χ0) is 21.7. The summed E-state index contributed by atoms with van der Waals surface area (Å²) in [5.41, 5.74) is -0.158. The molecule has 1 unspecified atom stereocenters. The predicted octanol–water partition coefficient (Wildman–Crippen LogP) is 5.70. The third kappa shape index (κ3) is 3.69. The van der Waals surface area contributed by atoms with Gasteiger partial charge in [0.15, 0.2) is 0 Å². The topological polar surface area (TPSA) is 60.7 Å². The lowest BCUT2D eigenvalue weighted by molar-refractivity contribution is -0.179. The molecule has 0 aliphatic heterocycles. The van der Waals surface area contributed by atoms with Crippen LogP contribution >= 0.6 is 0 Å². The van der Waals surface area contributed by atoms with Gasteiger partial charge >= 0.3 is 0 Å². The number of aliphatic hydroxyl groups is 3. The van der Waals surface area contributed by atoms with Gasteiger partial charge in [0.05, 0.1) is 17.8 Å². The summed E-state index contributed by atoms with van der Waals surface area (Å²) in [4.78, 5) is 0. The highest BCUT2D eigenvalue weighted by molar-refractivity contribution is 5.13. The molecule has 3 nitrogen and oxygen atoms in total. The number of unbranched alkanes of at least 4 members (excludes halogenated alkanes) is 3. The smallest absolute Gasteiger partial charge is 0.0653 e. The van der Waals surface area contributed by atoms with Gasteiger partial charge < -0.3 is 15.3 Å². The Bertz CT molecular complexity index is 603. The highest BCUT2D eigenvalue weighted by Gasteiger charge is 2.63. The van der Waals surface area contributed by atoms with Gasteiger partial charge in [0.2, 0.25) is 0 Å². The number of rotatable bonds is 6. The minimum atomic E-state index is -0.557. The molecule has 4 aliphatic rings. The van der Waals surface area contributed by atoms with Crippen molar-refractivity contribution < 1.29 is 15.3 Å². The Morgan fingerprint density at radius 2 is 1.53 bits per heavy atom. The standard InChI is InChI=1S/C27H48O3/c1-5-6-7-8-13-27(4,30)24-10-9-20-19-17-23(29)22-16-18(28)11-14-25(22,2)21(19)12-15-26(20,24)3/h18-24,28-30H,5-17H2,1-4H3/t18-,19-,20-,21-,22+,23-,24-,25+,26-,27?/m0/s1. The summed E-state index contributed by atoms with van der Waals surface area (Å²) in [5, 5.41) is 33.0. The lowest BCUT2D eigenvalue weighted by Gasteiger charge is -2.62. The van der Waals surface area contributed by atoms with Crippen molar-refractivity contribution in [1.82, 2.24) is 0 Å². The summed E-state index contributed by atoms with van der Waals surface area (Å²) in [5.74, 6) is 2.59. The summed E-state index contributed by atoms with van der Waals surface area (Å²) >= 11 is 0. The maximum Gasteiger partial charge on any atom is 0.0653 e. The maximum atomic E-state index is 11.6. The van der Waals surface area contributed by atoms with Gasteiger partial charge in [-0.1, -0.05) is 46.5 Å². The van der Waals surface area contributed by atoms with Gasteiger partial charge in [0, 0.05) is 0 Å². The summed E-state index contributed by atoms with van der Waals surface area (Å²) in [6.07, 6.45) is 13.9. The molecule has 3 N–H and O–H groups in total. The first-order valence-electron chi connectivity index (χ1n) is 13.2. The molecule has 0 spiro atoms. The van der Waals surface area contributed by atoms with E-state index in [-0.39, 0.29) is 29.0 Å². The second-order valence-corrected chi connectivity index (χ2v) is 12.6. The van der Waals surface area contributed by atoms with E-state index >= 15 is 0 Å². The second kappa shape index (κ2) is 8.34. The van der Waals surface area contributed by atoms with Crippen LogP contribution < -0.4 is 0 Å². The van der Waals surface area contributed by atoms with Crippen molar-refractivity contribution in [3.8, 4) is 0 Å². The van der Waals surface area contributed by atoms with Crippen molar-refractivity contribution in [2.75, 3.05) is 0 Å². The molecule has 4 saturated carbocycles. The van der Waals surface area contributed by atoms with Gasteiger partial charge in [-0.2, -0.15) is 0 Å². The van der Waals surface area contributed by atoms with Gasteiger partial charge in [-0.05, 0) is 105 Å². The monoisotopic (exact) mass is 420 g/mol. The van der Waals surface area contributed by atoms with Crippen LogP contribution in [0.25, 0.3) is 0 Å². The Hall–Kier alpha value is -0.120. The van der Waals surface area contributed by atoms with Gasteiger partial charge in [-0.3, -0.25) is 0 Å². The van der Waals surface area contributed by atoms with E-state index < -0.39 is 5.60 Å². The lowest BCUT2D eigenvalue weighted by Crippen LogP contribution is -2.59. The average Bonchev–Trinajstić information content (AvgIpc) is 3.05. The minimum absolute atomic E-state index is 0.184. The fourth-order valence-electron chi connectivity index (χ4n) is 9.38. The van der Waals surface area contributed by atoms with Crippen LogP contribution in [0.1, 0.15) is 111 Å². The molecule has 0 saturated heterocycles. The van der Waals surface area contributed by atoms with Crippen molar-refractivity contribution in [3.05, 3.63) is 0 Å². The van der Waals surface area contributed by atoms with Gasteiger partial charge in [0.1, 0.15) is 0 Å². The number of hydrogen-bond acceptors (Lipinski definition) is 3. The largest absolute Gasteiger partial charge is 0.393 e. The summed E-state index contributed by atoms with van der Waals surface area (Å²) in [6, 6.07) is 0. The molecular formula is C27H48O3. The first-order chi connectivity index (χ1) is 14.1.